The highest BCUT2D eigenvalue weighted by atomic mass is 32.2. The van der Waals surface area contributed by atoms with Crippen LogP contribution in [-0.4, -0.2) is 56.2 Å². The molecular weight excluding hydrogens is 388 g/mol. The molecular formula is C17H20N4O4S2. The first-order valence-electron chi connectivity index (χ1n) is 8.25. The van der Waals surface area contributed by atoms with Crippen molar-refractivity contribution in [1.29, 1.82) is 0 Å². The normalized spacial score (nSPS) is 15.1. The number of thiocarbonyl (C=S) groups is 1. The number of ether oxygens (including phenoxy) is 2. The molecule has 2 heterocycles. The Morgan fingerprint density at radius 1 is 1.11 bits per heavy atom. The van der Waals surface area contributed by atoms with Gasteiger partial charge in [0.05, 0.1) is 37.1 Å². The number of methoxy groups -OCH3 is 1. The van der Waals surface area contributed by atoms with Crippen LogP contribution in [0, 0.1) is 0 Å². The summed E-state index contributed by atoms with van der Waals surface area (Å²) in [6.07, 6.45) is 1.60. The number of sulfonamides is 1. The summed E-state index contributed by atoms with van der Waals surface area (Å²) in [5.74, 6) is 0.511. The highest BCUT2D eigenvalue weighted by molar-refractivity contribution is 7.89. The number of morpholine rings is 1. The number of hydrogen-bond donors (Lipinski definition) is 2. The molecule has 1 fully saturated rings. The van der Waals surface area contributed by atoms with Gasteiger partial charge in [-0.25, -0.2) is 13.4 Å². The Bertz CT molecular complexity index is 880. The SMILES string of the molecule is COc1ccc(NC(=S)Nc2ccc(S(=O)(=O)N3CCOCC3)cc2)cn1. The lowest BCUT2D eigenvalue weighted by Crippen LogP contribution is -2.40. The Morgan fingerprint density at radius 3 is 2.33 bits per heavy atom. The average molecular weight is 409 g/mol. The lowest BCUT2D eigenvalue weighted by molar-refractivity contribution is 0.0730. The predicted molar refractivity (Wildman–Crippen MR) is 107 cm³/mol. The molecule has 27 heavy (non-hydrogen) atoms. The molecule has 1 aromatic heterocycles. The molecule has 8 nitrogen and oxygen atoms in total. The number of nitrogens with one attached hydrogen (secondary N) is 2. The molecule has 2 aromatic rings. The fourth-order valence-corrected chi connectivity index (χ4v) is 4.16. The van der Waals surface area contributed by atoms with Gasteiger partial charge in [-0.3, -0.25) is 0 Å². The number of benzene rings is 1. The van der Waals surface area contributed by atoms with E-state index >= 15 is 0 Å². The van der Waals surface area contributed by atoms with E-state index in [1.807, 2.05) is 0 Å². The van der Waals surface area contributed by atoms with Crippen LogP contribution in [0.15, 0.2) is 47.5 Å². The Balaban J connectivity index is 1.61. The summed E-state index contributed by atoms with van der Waals surface area (Å²) in [6, 6.07) is 9.98. The minimum absolute atomic E-state index is 0.244. The topological polar surface area (TPSA) is 92.8 Å². The van der Waals surface area contributed by atoms with Crippen LogP contribution in [0.3, 0.4) is 0 Å². The monoisotopic (exact) mass is 408 g/mol. The highest BCUT2D eigenvalue weighted by Crippen LogP contribution is 2.20. The molecule has 1 aliphatic heterocycles. The van der Waals surface area contributed by atoms with Crippen LogP contribution < -0.4 is 15.4 Å². The van der Waals surface area contributed by atoms with Crippen molar-refractivity contribution in [3.8, 4) is 5.88 Å². The molecule has 0 saturated carbocycles. The molecule has 0 unspecified atom stereocenters. The van der Waals surface area contributed by atoms with Crippen LogP contribution in [-0.2, 0) is 14.8 Å². The summed E-state index contributed by atoms with van der Waals surface area (Å²) in [4.78, 5) is 4.33. The summed E-state index contributed by atoms with van der Waals surface area (Å²) in [6.45, 7) is 1.57. The molecule has 3 rings (SSSR count). The zero-order chi connectivity index (χ0) is 19.3. The third-order valence-electron chi connectivity index (χ3n) is 3.92. The molecule has 1 aliphatic rings. The van der Waals surface area contributed by atoms with E-state index < -0.39 is 10.0 Å². The maximum absolute atomic E-state index is 12.6. The van der Waals surface area contributed by atoms with Crippen molar-refractivity contribution >= 4 is 38.7 Å². The quantitative estimate of drug-likeness (QED) is 0.725. The van der Waals surface area contributed by atoms with Crippen molar-refractivity contribution in [2.24, 2.45) is 0 Å². The van der Waals surface area contributed by atoms with E-state index in [2.05, 4.69) is 15.6 Å². The second kappa shape index (κ2) is 8.61. The van der Waals surface area contributed by atoms with Crippen molar-refractivity contribution in [1.82, 2.24) is 9.29 Å². The van der Waals surface area contributed by atoms with Crippen LogP contribution in [0.1, 0.15) is 0 Å². The van der Waals surface area contributed by atoms with Gasteiger partial charge in [0, 0.05) is 24.8 Å². The van der Waals surface area contributed by atoms with Crippen LogP contribution in [0.4, 0.5) is 11.4 Å². The summed E-state index contributed by atoms with van der Waals surface area (Å²) in [7, 11) is -1.96. The van der Waals surface area contributed by atoms with Crippen molar-refractivity contribution in [3.05, 3.63) is 42.6 Å². The van der Waals surface area contributed by atoms with Crippen molar-refractivity contribution in [2.45, 2.75) is 4.90 Å². The summed E-state index contributed by atoms with van der Waals surface area (Å²) in [5.41, 5.74) is 1.38. The summed E-state index contributed by atoms with van der Waals surface area (Å²) >= 11 is 5.27. The molecule has 10 heteroatoms. The van der Waals surface area contributed by atoms with Gasteiger partial charge in [-0.15, -0.1) is 0 Å². The highest BCUT2D eigenvalue weighted by Gasteiger charge is 2.26. The van der Waals surface area contributed by atoms with Crippen LogP contribution >= 0.6 is 12.2 Å². The number of anilines is 2. The average Bonchev–Trinajstić information content (AvgIpc) is 2.69. The number of pyridine rings is 1. The van der Waals surface area contributed by atoms with E-state index in [9.17, 15) is 8.42 Å². The second-order valence-corrected chi connectivity index (χ2v) is 8.06. The molecule has 0 radical (unpaired) electrons. The minimum atomic E-state index is -3.51. The fourth-order valence-electron chi connectivity index (χ4n) is 2.51. The number of hydrogen-bond acceptors (Lipinski definition) is 6. The number of nitrogens with zero attached hydrogens (tertiary/aromatic N) is 2. The maximum Gasteiger partial charge on any atom is 0.243 e. The Hall–Kier alpha value is -2.27. The third-order valence-corrected chi connectivity index (χ3v) is 6.04. The van der Waals surface area contributed by atoms with Gasteiger partial charge in [0.25, 0.3) is 0 Å². The van der Waals surface area contributed by atoms with E-state index in [0.29, 0.717) is 48.7 Å². The van der Waals surface area contributed by atoms with Gasteiger partial charge < -0.3 is 20.1 Å². The van der Waals surface area contributed by atoms with E-state index in [4.69, 9.17) is 21.7 Å². The Morgan fingerprint density at radius 2 is 1.74 bits per heavy atom. The Labute approximate surface area is 163 Å². The van der Waals surface area contributed by atoms with Crippen molar-refractivity contribution < 1.29 is 17.9 Å². The molecule has 2 N–H and O–H groups in total. The molecule has 0 atom stereocenters. The summed E-state index contributed by atoms with van der Waals surface area (Å²) < 4.78 is 36.9. The van der Waals surface area contributed by atoms with Gasteiger partial charge in [0.1, 0.15) is 0 Å². The molecule has 0 aliphatic carbocycles. The van der Waals surface area contributed by atoms with Gasteiger partial charge in [-0.1, -0.05) is 0 Å². The van der Waals surface area contributed by atoms with Crippen LogP contribution in [0.5, 0.6) is 5.88 Å². The lowest BCUT2D eigenvalue weighted by Gasteiger charge is -2.26. The minimum Gasteiger partial charge on any atom is -0.481 e. The molecule has 144 valence electrons. The van der Waals surface area contributed by atoms with Gasteiger partial charge in [-0.05, 0) is 42.5 Å². The van der Waals surface area contributed by atoms with E-state index in [1.54, 1.807) is 49.7 Å². The summed E-state index contributed by atoms with van der Waals surface area (Å²) in [5, 5.41) is 6.38. The molecule has 0 spiro atoms. The molecule has 0 amide bonds. The predicted octanol–water partition coefficient (Wildman–Crippen LogP) is 1.92. The maximum atomic E-state index is 12.6. The van der Waals surface area contributed by atoms with Gasteiger partial charge in [0.2, 0.25) is 15.9 Å². The standard InChI is InChI=1S/C17H20N4O4S2/c1-24-16-7-4-14(12-18-16)20-17(26)19-13-2-5-15(6-3-13)27(22,23)21-8-10-25-11-9-21/h2-7,12H,8-11H2,1H3,(H2,19,20,26). The number of rotatable bonds is 5. The zero-order valence-electron chi connectivity index (χ0n) is 14.7. The van der Waals surface area contributed by atoms with Crippen molar-refractivity contribution in [3.63, 3.8) is 0 Å². The molecule has 0 bridgehead atoms. The fraction of sp³-hybridized carbons (Fsp3) is 0.294. The zero-order valence-corrected chi connectivity index (χ0v) is 16.3. The first-order chi connectivity index (χ1) is 13.0. The lowest BCUT2D eigenvalue weighted by atomic mass is 10.3. The molecule has 1 saturated heterocycles. The number of aromatic nitrogens is 1. The van der Waals surface area contributed by atoms with Crippen LogP contribution in [0.2, 0.25) is 0 Å². The van der Waals surface area contributed by atoms with Crippen molar-refractivity contribution in [2.75, 3.05) is 44.0 Å². The Kier molecular flexibility index (Phi) is 6.22. The first kappa shape index (κ1) is 19.5. The third kappa shape index (κ3) is 4.92. The smallest absolute Gasteiger partial charge is 0.243 e. The van der Waals surface area contributed by atoms with Gasteiger partial charge in [-0.2, -0.15) is 4.31 Å². The second-order valence-electron chi connectivity index (χ2n) is 5.71. The van der Waals surface area contributed by atoms with E-state index in [-0.39, 0.29) is 4.90 Å². The molecule has 1 aromatic carbocycles. The van der Waals surface area contributed by atoms with Crippen LogP contribution in [0.25, 0.3) is 0 Å². The largest absolute Gasteiger partial charge is 0.481 e. The van der Waals surface area contributed by atoms with Gasteiger partial charge in [0.15, 0.2) is 5.11 Å². The van der Waals surface area contributed by atoms with Gasteiger partial charge >= 0.3 is 0 Å². The van der Waals surface area contributed by atoms with E-state index in [0.717, 1.165) is 0 Å². The first-order valence-corrected chi connectivity index (χ1v) is 10.1. The van der Waals surface area contributed by atoms with E-state index in [1.165, 1.54) is 4.31 Å².